The van der Waals surface area contributed by atoms with Gasteiger partial charge in [0.15, 0.2) is 6.29 Å². The lowest BCUT2D eigenvalue weighted by molar-refractivity contribution is -0.273. The number of aldehydes is 1. The fourth-order valence-electron chi connectivity index (χ4n) is 2.08. The van der Waals surface area contributed by atoms with Crippen molar-refractivity contribution in [1.29, 1.82) is 0 Å². The zero-order valence-corrected chi connectivity index (χ0v) is 12.3. The third-order valence-corrected chi connectivity index (χ3v) is 3.66. The second-order valence-corrected chi connectivity index (χ2v) is 5.38. The van der Waals surface area contributed by atoms with Crippen molar-refractivity contribution in [2.45, 2.75) is 55.0 Å². The van der Waals surface area contributed by atoms with Gasteiger partial charge in [-0.05, 0) is 0 Å². The normalized spacial score (nSPS) is 37.0. The Hall–Kier alpha value is -0.730. The molecule has 1 fully saturated rings. The molecule has 0 amide bonds. The van der Waals surface area contributed by atoms with E-state index < -0.39 is 68.2 Å². The van der Waals surface area contributed by atoms with Gasteiger partial charge in [-0.15, -0.1) is 0 Å². The molecule has 23 heavy (non-hydrogen) atoms. The molecule has 1 saturated heterocycles. The molecule has 0 saturated carbocycles. The lowest BCUT2D eigenvalue weighted by Gasteiger charge is -2.40. The van der Waals surface area contributed by atoms with Crippen LogP contribution >= 0.6 is 0 Å². The second kappa shape index (κ2) is 8.94. The molecule has 11 heteroatoms. The molecule has 10 N–H and O–H groups in total. The van der Waals surface area contributed by atoms with Crippen molar-refractivity contribution in [3.63, 3.8) is 0 Å². The zero-order chi connectivity index (χ0) is 17.7. The van der Waals surface area contributed by atoms with Gasteiger partial charge < -0.3 is 56.4 Å². The summed E-state index contributed by atoms with van der Waals surface area (Å²) in [5, 5.41) is 57.3. The van der Waals surface area contributed by atoms with E-state index in [0.29, 0.717) is 0 Å². The van der Waals surface area contributed by atoms with E-state index in [0.717, 1.165) is 0 Å². The van der Waals surface area contributed by atoms with Gasteiger partial charge >= 0.3 is 0 Å². The Bertz CT molecular complexity index is 372. The number of rotatable bonds is 8. The summed E-state index contributed by atoms with van der Waals surface area (Å²) in [5.74, 6) is 0. The molecular weight excluding hydrogens is 316 g/mol. The summed E-state index contributed by atoms with van der Waals surface area (Å²) in [6.07, 6.45) is -10.1. The van der Waals surface area contributed by atoms with Crippen LogP contribution in [0.15, 0.2) is 0 Å². The van der Waals surface area contributed by atoms with E-state index in [1.165, 1.54) is 0 Å². The van der Waals surface area contributed by atoms with E-state index in [1.807, 2.05) is 0 Å². The van der Waals surface area contributed by atoms with Crippen LogP contribution in [-0.2, 0) is 14.3 Å². The molecule has 1 aliphatic rings. The summed E-state index contributed by atoms with van der Waals surface area (Å²) in [6, 6.07) is -2.55. The lowest BCUT2D eigenvalue weighted by atomic mass is 9.98. The average Bonchev–Trinajstić information content (AvgIpc) is 2.56. The molecule has 11 nitrogen and oxygen atoms in total. The molecule has 1 rings (SSSR count). The number of ether oxygens (including phenoxy) is 2. The molecule has 0 aliphatic carbocycles. The summed E-state index contributed by atoms with van der Waals surface area (Å²) >= 11 is 0. The minimum absolute atomic E-state index is 0.214. The fraction of sp³-hybridized carbons (Fsp3) is 0.917. The quantitative estimate of drug-likeness (QED) is 0.195. The van der Waals surface area contributed by atoms with Crippen LogP contribution in [0.2, 0.25) is 0 Å². The molecule has 136 valence electrons. The third kappa shape index (κ3) is 4.87. The first kappa shape index (κ1) is 20.3. The third-order valence-electron chi connectivity index (χ3n) is 3.66. The monoisotopic (exact) mass is 340 g/mol. The maximum atomic E-state index is 10.4. The number of carbonyl (C=O) groups is 1. The molecule has 0 spiro atoms. The molecule has 0 bridgehead atoms. The summed E-state index contributed by atoms with van der Waals surface area (Å²) < 4.78 is 10.3. The van der Waals surface area contributed by atoms with Crippen LogP contribution in [-0.4, -0.2) is 105 Å². The second-order valence-electron chi connectivity index (χ2n) is 5.38. The van der Waals surface area contributed by atoms with Gasteiger partial charge in [0.2, 0.25) is 0 Å². The minimum atomic E-state index is -1.76. The first-order chi connectivity index (χ1) is 10.7. The van der Waals surface area contributed by atoms with Crippen LogP contribution < -0.4 is 11.5 Å². The summed E-state index contributed by atoms with van der Waals surface area (Å²) in [7, 11) is 0. The standard InChI is InChI=1S/C12H24N2O9/c13-4(1-15)8(18)9(19)5(17)3-22-12-7(14)11(21)10(20)6(2-16)23-12/h1,4-12,16-21H,2-3,13-14H2. The molecule has 0 aromatic rings. The number of aliphatic hydroxyl groups excluding tert-OH is 6. The number of aliphatic hydroxyl groups is 6. The Balaban J connectivity index is 2.57. The van der Waals surface area contributed by atoms with Crippen LogP contribution in [0.4, 0.5) is 0 Å². The van der Waals surface area contributed by atoms with Gasteiger partial charge in [-0.3, -0.25) is 0 Å². The van der Waals surface area contributed by atoms with E-state index in [4.69, 9.17) is 26.0 Å². The SMILES string of the molecule is NC(C=O)C(O)C(O)C(O)COC1OC(CO)C(O)C(O)C1N. The number of nitrogens with two attached hydrogens (primary N) is 2. The van der Waals surface area contributed by atoms with Gasteiger partial charge in [0.1, 0.15) is 42.9 Å². The summed E-state index contributed by atoms with van der Waals surface area (Å²) in [5.41, 5.74) is 10.8. The van der Waals surface area contributed by atoms with Gasteiger partial charge in [-0.1, -0.05) is 0 Å². The number of hydrogen-bond donors (Lipinski definition) is 8. The van der Waals surface area contributed by atoms with Crippen LogP contribution in [0.25, 0.3) is 0 Å². The zero-order valence-electron chi connectivity index (χ0n) is 12.3. The van der Waals surface area contributed by atoms with E-state index >= 15 is 0 Å². The van der Waals surface area contributed by atoms with Crippen molar-refractivity contribution in [3.05, 3.63) is 0 Å². The summed E-state index contributed by atoms with van der Waals surface area (Å²) in [4.78, 5) is 10.4. The van der Waals surface area contributed by atoms with E-state index in [2.05, 4.69) is 0 Å². The number of hydrogen-bond acceptors (Lipinski definition) is 11. The lowest BCUT2D eigenvalue weighted by Crippen LogP contribution is -2.63. The molecule has 9 atom stereocenters. The van der Waals surface area contributed by atoms with Crippen molar-refractivity contribution in [1.82, 2.24) is 0 Å². The smallest absolute Gasteiger partial charge is 0.175 e. The first-order valence-electron chi connectivity index (χ1n) is 6.99. The maximum Gasteiger partial charge on any atom is 0.175 e. The van der Waals surface area contributed by atoms with E-state index in [-0.39, 0.29) is 6.29 Å². The Morgan fingerprint density at radius 1 is 1.17 bits per heavy atom. The Kier molecular flexibility index (Phi) is 7.89. The Morgan fingerprint density at radius 3 is 2.30 bits per heavy atom. The minimum Gasteiger partial charge on any atom is -0.394 e. The van der Waals surface area contributed by atoms with E-state index in [9.17, 15) is 30.3 Å². The van der Waals surface area contributed by atoms with Gasteiger partial charge in [0.05, 0.1) is 25.3 Å². The predicted molar refractivity (Wildman–Crippen MR) is 73.7 cm³/mol. The highest BCUT2D eigenvalue weighted by Crippen LogP contribution is 2.21. The van der Waals surface area contributed by atoms with Gasteiger partial charge in [-0.25, -0.2) is 0 Å². The summed E-state index contributed by atoms with van der Waals surface area (Å²) in [6.45, 7) is -1.16. The van der Waals surface area contributed by atoms with Gasteiger partial charge in [0, 0.05) is 0 Å². The highest BCUT2D eigenvalue weighted by atomic mass is 16.7. The van der Waals surface area contributed by atoms with Crippen LogP contribution in [0, 0.1) is 0 Å². The Morgan fingerprint density at radius 2 is 1.78 bits per heavy atom. The Labute approximate surface area is 132 Å². The highest BCUT2D eigenvalue weighted by molar-refractivity contribution is 5.58. The molecule has 0 radical (unpaired) electrons. The fourth-order valence-corrected chi connectivity index (χ4v) is 2.08. The van der Waals surface area contributed by atoms with Crippen molar-refractivity contribution >= 4 is 6.29 Å². The molecule has 0 aromatic heterocycles. The van der Waals surface area contributed by atoms with Crippen LogP contribution in [0.5, 0.6) is 0 Å². The molecule has 1 aliphatic heterocycles. The molecule has 9 unspecified atom stereocenters. The number of carbonyl (C=O) groups excluding carboxylic acids is 1. The van der Waals surface area contributed by atoms with Crippen molar-refractivity contribution in [2.24, 2.45) is 11.5 Å². The largest absolute Gasteiger partial charge is 0.394 e. The average molecular weight is 340 g/mol. The molecular formula is C12H24N2O9. The van der Waals surface area contributed by atoms with Crippen molar-refractivity contribution in [2.75, 3.05) is 13.2 Å². The molecule has 0 aromatic carbocycles. The van der Waals surface area contributed by atoms with Crippen LogP contribution in [0.1, 0.15) is 0 Å². The maximum absolute atomic E-state index is 10.4. The highest BCUT2D eigenvalue weighted by Gasteiger charge is 2.43. The van der Waals surface area contributed by atoms with E-state index in [1.54, 1.807) is 0 Å². The van der Waals surface area contributed by atoms with Crippen molar-refractivity contribution in [3.8, 4) is 0 Å². The van der Waals surface area contributed by atoms with Gasteiger partial charge in [0.25, 0.3) is 0 Å². The van der Waals surface area contributed by atoms with Gasteiger partial charge in [-0.2, -0.15) is 0 Å². The predicted octanol–water partition coefficient (Wildman–Crippen LogP) is -5.62. The van der Waals surface area contributed by atoms with Crippen LogP contribution in [0.3, 0.4) is 0 Å². The van der Waals surface area contributed by atoms with Crippen molar-refractivity contribution < 1.29 is 44.9 Å². The molecule has 1 heterocycles. The topological polar surface area (TPSA) is 209 Å². The first-order valence-corrected chi connectivity index (χ1v) is 6.99.